The Morgan fingerprint density at radius 2 is 1.57 bits per heavy atom. The lowest BCUT2D eigenvalue weighted by Gasteiger charge is -2.20. The second-order valence-electron chi connectivity index (χ2n) is 5.09. The molecule has 5 nitrogen and oxygen atoms in total. The summed E-state index contributed by atoms with van der Waals surface area (Å²) in [5.41, 5.74) is 0.248. The number of halogens is 4. The van der Waals surface area contributed by atoms with E-state index in [1.54, 1.807) is 0 Å². The van der Waals surface area contributed by atoms with Crippen LogP contribution in [0.1, 0.15) is 31.2 Å². The summed E-state index contributed by atoms with van der Waals surface area (Å²) in [5.74, 6) is -0.479. The van der Waals surface area contributed by atoms with Gasteiger partial charge in [-0.05, 0) is 122 Å². The van der Waals surface area contributed by atoms with Crippen LogP contribution < -0.4 is 0 Å². The van der Waals surface area contributed by atoms with Crippen LogP contribution in [0.15, 0.2) is 4.90 Å². The molecular formula is C13H11I4O5S-. The summed E-state index contributed by atoms with van der Waals surface area (Å²) in [7, 11) is -4.68. The zero-order valence-electron chi connectivity index (χ0n) is 11.6. The molecule has 10 heteroatoms. The summed E-state index contributed by atoms with van der Waals surface area (Å²) in [4.78, 5) is 11.9. The van der Waals surface area contributed by atoms with Crippen LogP contribution in [0.5, 0.6) is 0 Å². The Labute approximate surface area is 189 Å². The van der Waals surface area contributed by atoms with Crippen LogP contribution in [0.4, 0.5) is 0 Å². The average molecular weight is 787 g/mol. The first-order valence-electron chi connectivity index (χ1n) is 6.63. The lowest BCUT2D eigenvalue weighted by molar-refractivity contribution is -0.147. The Bertz CT molecular complexity index is 741. The number of hydrogen-bond acceptors (Lipinski definition) is 5. The third kappa shape index (κ3) is 5.03. The van der Waals surface area contributed by atoms with E-state index in [1.807, 2.05) is 67.8 Å². The van der Waals surface area contributed by atoms with Crippen molar-refractivity contribution in [3.05, 3.63) is 19.8 Å². The molecule has 0 heterocycles. The first kappa shape index (κ1) is 20.8. The second kappa shape index (κ2) is 8.47. The molecule has 2 rings (SSSR count). The van der Waals surface area contributed by atoms with E-state index in [0.29, 0.717) is 10.7 Å². The van der Waals surface area contributed by atoms with Gasteiger partial charge in [0.15, 0.2) is 0 Å². The van der Waals surface area contributed by atoms with Crippen molar-refractivity contribution in [2.45, 2.75) is 43.1 Å². The highest BCUT2D eigenvalue weighted by Crippen LogP contribution is 2.36. The average Bonchev–Trinajstić information content (AvgIpc) is 2.93. The van der Waals surface area contributed by atoms with Gasteiger partial charge in [0.25, 0.3) is 0 Å². The van der Waals surface area contributed by atoms with Gasteiger partial charge in [0.1, 0.15) is 16.2 Å². The molecule has 23 heavy (non-hydrogen) atoms. The summed E-state index contributed by atoms with van der Waals surface area (Å²) in [5, 5.41) is 0. The SMILES string of the molecule is O=C(Cc1c(I)c(I)c(I)c(I)c1S(=O)(=O)[O-])OC1CCCC1. The zero-order valence-corrected chi connectivity index (χ0v) is 21.0. The van der Waals surface area contributed by atoms with Crippen molar-refractivity contribution in [1.82, 2.24) is 0 Å². The number of benzene rings is 1. The fourth-order valence-corrected chi connectivity index (χ4v) is 7.92. The Kier molecular flexibility index (Phi) is 7.67. The summed E-state index contributed by atoms with van der Waals surface area (Å²) >= 11 is 7.94. The molecule has 0 saturated heterocycles. The van der Waals surface area contributed by atoms with E-state index in [-0.39, 0.29) is 23.0 Å². The maximum atomic E-state index is 12.2. The van der Waals surface area contributed by atoms with E-state index in [9.17, 15) is 17.8 Å². The second-order valence-corrected chi connectivity index (χ2v) is 10.7. The molecule has 0 aliphatic heterocycles. The minimum atomic E-state index is -4.68. The van der Waals surface area contributed by atoms with E-state index in [0.717, 1.165) is 29.3 Å². The summed E-state index contributed by atoms with van der Waals surface area (Å²) in [6.07, 6.45) is 3.47. The Morgan fingerprint density at radius 3 is 2.09 bits per heavy atom. The largest absolute Gasteiger partial charge is 0.744 e. The number of carbonyl (C=O) groups is 1. The van der Waals surface area contributed by atoms with Crippen molar-refractivity contribution < 1.29 is 22.5 Å². The lowest BCUT2D eigenvalue weighted by Crippen LogP contribution is -2.20. The lowest BCUT2D eigenvalue weighted by atomic mass is 10.1. The van der Waals surface area contributed by atoms with Crippen LogP contribution >= 0.6 is 90.4 Å². The van der Waals surface area contributed by atoms with E-state index >= 15 is 0 Å². The molecule has 128 valence electrons. The number of carbonyl (C=O) groups excluding carboxylic acids is 1. The van der Waals surface area contributed by atoms with Gasteiger partial charge >= 0.3 is 5.97 Å². The van der Waals surface area contributed by atoms with Gasteiger partial charge in [-0.3, -0.25) is 4.79 Å². The highest BCUT2D eigenvalue weighted by molar-refractivity contribution is 14.1. The van der Waals surface area contributed by atoms with Gasteiger partial charge in [-0.15, -0.1) is 0 Å². The van der Waals surface area contributed by atoms with E-state index in [4.69, 9.17) is 4.74 Å². The maximum Gasteiger partial charge on any atom is 0.310 e. The molecule has 1 aliphatic rings. The fourth-order valence-electron chi connectivity index (χ4n) is 2.45. The molecule has 0 amide bonds. The molecule has 0 radical (unpaired) electrons. The summed E-state index contributed by atoms with van der Waals surface area (Å²) in [6, 6.07) is 0. The van der Waals surface area contributed by atoms with Crippen molar-refractivity contribution in [2.24, 2.45) is 0 Å². The van der Waals surface area contributed by atoms with Crippen molar-refractivity contribution in [3.63, 3.8) is 0 Å². The van der Waals surface area contributed by atoms with Gasteiger partial charge in [-0.2, -0.15) is 0 Å². The molecule has 0 atom stereocenters. The van der Waals surface area contributed by atoms with Gasteiger partial charge in [0, 0.05) is 14.3 Å². The van der Waals surface area contributed by atoms with Gasteiger partial charge in [0.05, 0.1) is 11.3 Å². The van der Waals surface area contributed by atoms with E-state index in [2.05, 4.69) is 22.6 Å². The Morgan fingerprint density at radius 1 is 1.04 bits per heavy atom. The molecule has 1 aromatic rings. The first-order chi connectivity index (χ1) is 10.6. The van der Waals surface area contributed by atoms with E-state index in [1.165, 1.54) is 0 Å². The van der Waals surface area contributed by atoms with Crippen molar-refractivity contribution in [3.8, 4) is 0 Å². The quantitative estimate of drug-likeness (QED) is 0.152. The highest BCUT2D eigenvalue weighted by Gasteiger charge is 2.26. The summed E-state index contributed by atoms with van der Waals surface area (Å²) in [6.45, 7) is 0. The van der Waals surface area contributed by atoms with Gasteiger partial charge in [0.2, 0.25) is 0 Å². The van der Waals surface area contributed by atoms with Gasteiger partial charge < -0.3 is 9.29 Å². The molecule has 0 bridgehead atoms. The molecule has 0 spiro atoms. The molecule has 1 aliphatic carbocycles. The minimum absolute atomic E-state index is 0.0885. The van der Waals surface area contributed by atoms with Gasteiger partial charge in [-0.25, -0.2) is 8.42 Å². The predicted molar refractivity (Wildman–Crippen MR) is 117 cm³/mol. The number of esters is 1. The number of rotatable bonds is 4. The first-order valence-corrected chi connectivity index (χ1v) is 12.4. The van der Waals surface area contributed by atoms with E-state index < -0.39 is 16.1 Å². The topological polar surface area (TPSA) is 83.5 Å². The third-order valence-electron chi connectivity index (χ3n) is 3.49. The van der Waals surface area contributed by atoms with Crippen molar-refractivity contribution in [2.75, 3.05) is 0 Å². The number of ether oxygens (including phenoxy) is 1. The standard InChI is InChI=1S/C13H12I4O5S/c14-9-7(5-8(18)22-6-3-1-2-4-6)13(23(19,20)21)12(17)11(16)10(9)15/h6H,1-5H2,(H,19,20,21)/p-1. The van der Waals surface area contributed by atoms with Gasteiger partial charge in [-0.1, -0.05) is 0 Å². The Hall–Kier alpha value is 1.52. The van der Waals surface area contributed by atoms with Crippen LogP contribution in [-0.2, 0) is 26.1 Å². The third-order valence-corrected chi connectivity index (χ3v) is 12.3. The monoisotopic (exact) mass is 787 g/mol. The molecule has 1 aromatic carbocycles. The molecule has 0 N–H and O–H groups in total. The highest BCUT2D eigenvalue weighted by atomic mass is 127. The van der Waals surface area contributed by atoms with Crippen LogP contribution in [0.3, 0.4) is 0 Å². The maximum absolute atomic E-state index is 12.2. The fraction of sp³-hybridized carbons (Fsp3) is 0.462. The van der Waals surface area contributed by atoms with Crippen LogP contribution in [0, 0.1) is 14.3 Å². The predicted octanol–water partition coefficient (Wildman–Crippen LogP) is 4.04. The molecule has 0 aromatic heterocycles. The molecule has 1 saturated carbocycles. The smallest absolute Gasteiger partial charge is 0.310 e. The Balaban J connectivity index is 2.42. The van der Waals surface area contributed by atoms with Crippen molar-refractivity contribution >= 4 is 106 Å². The molecule has 0 unspecified atom stereocenters. The zero-order chi connectivity index (χ0) is 17.4. The summed E-state index contributed by atoms with van der Waals surface area (Å²) < 4.78 is 43.0. The number of hydrogen-bond donors (Lipinski definition) is 0. The minimum Gasteiger partial charge on any atom is -0.744 e. The van der Waals surface area contributed by atoms with Crippen LogP contribution in [0.2, 0.25) is 0 Å². The van der Waals surface area contributed by atoms with Crippen molar-refractivity contribution in [1.29, 1.82) is 0 Å². The van der Waals surface area contributed by atoms with Crippen LogP contribution in [-0.4, -0.2) is 25.0 Å². The molecular weight excluding hydrogens is 776 g/mol. The normalized spacial score (nSPS) is 15.9. The van der Waals surface area contributed by atoms with Crippen LogP contribution in [0.25, 0.3) is 0 Å². The molecule has 1 fully saturated rings.